The van der Waals surface area contributed by atoms with Crippen molar-refractivity contribution in [2.75, 3.05) is 31.1 Å². The third kappa shape index (κ3) is 3.64. The summed E-state index contributed by atoms with van der Waals surface area (Å²) >= 11 is 5.12. The second kappa shape index (κ2) is 7.28. The van der Waals surface area contributed by atoms with Crippen molar-refractivity contribution in [3.8, 4) is 0 Å². The van der Waals surface area contributed by atoms with E-state index in [2.05, 4.69) is 56.1 Å². The van der Waals surface area contributed by atoms with Gasteiger partial charge in [0.25, 0.3) is 0 Å². The molecule has 0 amide bonds. The minimum atomic E-state index is 0.145. The van der Waals surface area contributed by atoms with Gasteiger partial charge in [-0.3, -0.25) is 9.69 Å². The molecular formula is C20H19BrN2OS. The molecule has 2 aromatic carbocycles. The van der Waals surface area contributed by atoms with Gasteiger partial charge in [-0.2, -0.15) is 0 Å². The molecule has 2 heterocycles. The maximum absolute atomic E-state index is 12.9. The fourth-order valence-corrected chi connectivity index (χ4v) is 4.58. The molecule has 1 saturated heterocycles. The molecule has 0 saturated carbocycles. The normalized spacial score (nSPS) is 15.6. The molecule has 1 aromatic heterocycles. The number of rotatable bonds is 3. The quantitative estimate of drug-likeness (QED) is 0.636. The van der Waals surface area contributed by atoms with Gasteiger partial charge in [-0.05, 0) is 23.8 Å². The predicted octanol–water partition coefficient (Wildman–Crippen LogP) is 4.35. The van der Waals surface area contributed by atoms with Gasteiger partial charge >= 0.3 is 0 Å². The van der Waals surface area contributed by atoms with E-state index in [1.165, 1.54) is 5.56 Å². The number of benzene rings is 2. The van der Waals surface area contributed by atoms with Gasteiger partial charge in [-0.1, -0.05) is 46.3 Å². The molecule has 0 unspecified atom stereocenters. The average Bonchev–Trinajstić information content (AvgIpc) is 2.64. The van der Waals surface area contributed by atoms with E-state index in [-0.39, 0.29) is 5.43 Å². The number of halogens is 1. The molecule has 5 heteroatoms. The summed E-state index contributed by atoms with van der Waals surface area (Å²) in [6.07, 6.45) is 0. The molecule has 1 fully saturated rings. The molecule has 3 aromatic rings. The fourth-order valence-electron chi connectivity index (χ4n) is 3.30. The summed E-state index contributed by atoms with van der Waals surface area (Å²) in [6.45, 7) is 4.74. The van der Waals surface area contributed by atoms with Crippen LogP contribution in [0.2, 0.25) is 0 Å². The van der Waals surface area contributed by atoms with E-state index >= 15 is 0 Å². The summed E-state index contributed by atoms with van der Waals surface area (Å²) in [5.74, 6) is 0. The van der Waals surface area contributed by atoms with Crippen molar-refractivity contribution in [1.29, 1.82) is 0 Å². The highest BCUT2D eigenvalue weighted by Crippen LogP contribution is 2.25. The monoisotopic (exact) mass is 414 g/mol. The lowest BCUT2D eigenvalue weighted by Gasteiger charge is -2.35. The minimum absolute atomic E-state index is 0.145. The van der Waals surface area contributed by atoms with Crippen molar-refractivity contribution in [3.05, 3.63) is 74.2 Å². The predicted molar refractivity (Wildman–Crippen MR) is 110 cm³/mol. The van der Waals surface area contributed by atoms with Gasteiger partial charge in [0.15, 0.2) is 0 Å². The summed E-state index contributed by atoms with van der Waals surface area (Å²) < 4.78 is 1.99. The van der Waals surface area contributed by atoms with Crippen molar-refractivity contribution >= 4 is 43.0 Å². The maximum atomic E-state index is 12.9. The van der Waals surface area contributed by atoms with E-state index < -0.39 is 0 Å². The molecule has 0 bridgehead atoms. The van der Waals surface area contributed by atoms with Crippen LogP contribution in [-0.4, -0.2) is 31.1 Å². The van der Waals surface area contributed by atoms with E-state index in [1.54, 1.807) is 11.3 Å². The Bertz CT molecular complexity index is 933. The number of fused-ring (bicyclic) bond motifs is 1. The van der Waals surface area contributed by atoms with E-state index in [1.807, 2.05) is 23.6 Å². The van der Waals surface area contributed by atoms with Crippen LogP contribution in [0.15, 0.2) is 63.2 Å². The lowest BCUT2D eigenvalue weighted by atomic mass is 10.2. The SMILES string of the molecule is O=c1c(N2CCN(Cc3ccccc3)CC2)csc2ccc(Br)cc12. The van der Waals surface area contributed by atoms with Crippen LogP contribution in [0, 0.1) is 0 Å². The summed E-state index contributed by atoms with van der Waals surface area (Å²) in [5.41, 5.74) is 2.33. The highest BCUT2D eigenvalue weighted by Gasteiger charge is 2.20. The molecule has 1 aliphatic rings. The van der Waals surface area contributed by atoms with E-state index in [4.69, 9.17) is 0 Å². The highest BCUT2D eigenvalue weighted by atomic mass is 79.9. The van der Waals surface area contributed by atoms with Crippen molar-refractivity contribution in [2.45, 2.75) is 6.54 Å². The van der Waals surface area contributed by atoms with Gasteiger partial charge in [0, 0.05) is 52.7 Å². The van der Waals surface area contributed by atoms with Gasteiger partial charge in [-0.15, -0.1) is 11.3 Å². The van der Waals surface area contributed by atoms with Crippen LogP contribution < -0.4 is 10.3 Å². The number of hydrogen-bond acceptors (Lipinski definition) is 4. The first kappa shape index (κ1) is 16.8. The Morgan fingerprint density at radius 3 is 2.52 bits per heavy atom. The van der Waals surface area contributed by atoms with Crippen LogP contribution in [0.4, 0.5) is 5.69 Å². The Morgan fingerprint density at radius 1 is 1.00 bits per heavy atom. The summed E-state index contributed by atoms with van der Waals surface area (Å²) in [4.78, 5) is 17.6. The van der Waals surface area contributed by atoms with Gasteiger partial charge < -0.3 is 4.90 Å². The number of piperazine rings is 1. The molecule has 3 nitrogen and oxygen atoms in total. The zero-order chi connectivity index (χ0) is 17.2. The van der Waals surface area contributed by atoms with Gasteiger partial charge in [-0.25, -0.2) is 0 Å². The van der Waals surface area contributed by atoms with Crippen LogP contribution >= 0.6 is 27.3 Å². The third-order valence-corrected chi connectivity index (χ3v) is 6.12. The van der Waals surface area contributed by atoms with E-state index in [0.717, 1.165) is 53.0 Å². The van der Waals surface area contributed by atoms with Gasteiger partial charge in [0.2, 0.25) is 5.43 Å². The lowest BCUT2D eigenvalue weighted by molar-refractivity contribution is 0.250. The molecule has 128 valence electrons. The highest BCUT2D eigenvalue weighted by molar-refractivity contribution is 9.10. The molecule has 0 radical (unpaired) electrons. The standard InChI is InChI=1S/C20H19BrN2OS/c21-16-6-7-19-17(12-16)20(24)18(14-25-19)23-10-8-22(9-11-23)13-15-4-2-1-3-5-15/h1-7,12,14H,8-11,13H2. The number of anilines is 1. The first-order valence-electron chi connectivity index (χ1n) is 8.43. The molecule has 0 spiro atoms. The summed E-state index contributed by atoms with van der Waals surface area (Å²) in [6, 6.07) is 16.5. The Morgan fingerprint density at radius 2 is 1.76 bits per heavy atom. The number of nitrogens with zero attached hydrogens (tertiary/aromatic N) is 2. The van der Waals surface area contributed by atoms with Crippen LogP contribution in [0.25, 0.3) is 10.1 Å². The van der Waals surface area contributed by atoms with E-state index in [9.17, 15) is 4.79 Å². The molecule has 0 atom stereocenters. The van der Waals surface area contributed by atoms with Gasteiger partial charge in [0.1, 0.15) is 0 Å². The molecule has 0 aliphatic carbocycles. The largest absolute Gasteiger partial charge is 0.365 e. The maximum Gasteiger partial charge on any atom is 0.211 e. The fraction of sp³-hybridized carbons (Fsp3) is 0.250. The zero-order valence-electron chi connectivity index (χ0n) is 13.8. The second-order valence-corrected chi connectivity index (χ2v) is 8.17. The van der Waals surface area contributed by atoms with Crippen molar-refractivity contribution in [3.63, 3.8) is 0 Å². The summed E-state index contributed by atoms with van der Waals surface area (Å²) in [5, 5.41) is 2.83. The molecule has 0 N–H and O–H groups in total. The van der Waals surface area contributed by atoms with Crippen molar-refractivity contribution in [1.82, 2.24) is 4.90 Å². The second-order valence-electron chi connectivity index (χ2n) is 6.34. The van der Waals surface area contributed by atoms with Crippen LogP contribution in [-0.2, 0) is 6.54 Å². The minimum Gasteiger partial charge on any atom is -0.365 e. The van der Waals surface area contributed by atoms with Crippen molar-refractivity contribution in [2.24, 2.45) is 0 Å². The van der Waals surface area contributed by atoms with Crippen LogP contribution in [0.5, 0.6) is 0 Å². The zero-order valence-corrected chi connectivity index (χ0v) is 16.2. The molecule has 25 heavy (non-hydrogen) atoms. The first-order valence-corrected chi connectivity index (χ1v) is 10.1. The Labute approximate surface area is 159 Å². The average molecular weight is 415 g/mol. The Kier molecular flexibility index (Phi) is 4.88. The topological polar surface area (TPSA) is 23.6 Å². The Balaban J connectivity index is 1.50. The van der Waals surface area contributed by atoms with Crippen molar-refractivity contribution < 1.29 is 0 Å². The smallest absolute Gasteiger partial charge is 0.211 e. The molecule has 1 aliphatic heterocycles. The van der Waals surface area contributed by atoms with Crippen LogP contribution in [0.1, 0.15) is 5.56 Å². The number of hydrogen-bond donors (Lipinski definition) is 0. The van der Waals surface area contributed by atoms with Gasteiger partial charge in [0.05, 0.1) is 5.69 Å². The summed E-state index contributed by atoms with van der Waals surface area (Å²) in [7, 11) is 0. The molecular weight excluding hydrogens is 396 g/mol. The lowest BCUT2D eigenvalue weighted by Crippen LogP contribution is -2.47. The van der Waals surface area contributed by atoms with Crippen LogP contribution in [0.3, 0.4) is 0 Å². The molecule has 4 rings (SSSR count). The first-order chi connectivity index (χ1) is 12.2. The van der Waals surface area contributed by atoms with E-state index in [0.29, 0.717) is 0 Å². The Hall–Kier alpha value is -1.69. The third-order valence-electron chi connectivity index (χ3n) is 4.68.